The molecule has 0 fully saturated rings. The molecule has 0 bridgehead atoms. The Morgan fingerprint density at radius 3 is 2.84 bits per heavy atom. The molecule has 1 aromatic heterocycles. The lowest BCUT2D eigenvalue weighted by atomic mass is 10.2. The maximum atomic E-state index is 13.5. The van der Waals surface area contributed by atoms with E-state index in [9.17, 15) is 9.18 Å². The van der Waals surface area contributed by atoms with Crippen LogP contribution in [0, 0.1) is 12.7 Å². The topological polar surface area (TPSA) is 62.2 Å². The van der Waals surface area contributed by atoms with Crippen LogP contribution >= 0.6 is 15.9 Å². The molecule has 1 aromatic carbocycles. The van der Waals surface area contributed by atoms with Gasteiger partial charge in [-0.05, 0) is 52.7 Å². The van der Waals surface area contributed by atoms with E-state index in [4.69, 9.17) is 5.11 Å². The number of carboxylic acid groups (broad SMARTS) is 1. The number of aromatic carboxylic acids is 1. The normalized spacial score (nSPS) is 10.3. The van der Waals surface area contributed by atoms with Crippen LogP contribution in [0.3, 0.4) is 0 Å². The maximum absolute atomic E-state index is 13.5. The zero-order chi connectivity index (χ0) is 14.0. The minimum absolute atomic E-state index is 0.0692. The van der Waals surface area contributed by atoms with E-state index in [0.717, 1.165) is 5.56 Å². The first-order valence-electron chi connectivity index (χ1n) is 5.40. The fourth-order valence-electron chi connectivity index (χ4n) is 1.54. The molecular formula is C13H10BrFN2O2. The van der Waals surface area contributed by atoms with E-state index in [0.29, 0.717) is 16.0 Å². The number of hydrogen-bond acceptors (Lipinski definition) is 3. The van der Waals surface area contributed by atoms with Gasteiger partial charge in [-0.25, -0.2) is 14.2 Å². The van der Waals surface area contributed by atoms with Crippen molar-refractivity contribution in [2.75, 3.05) is 5.32 Å². The molecule has 2 aromatic rings. The van der Waals surface area contributed by atoms with Gasteiger partial charge in [-0.3, -0.25) is 0 Å². The fourth-order valence-corrected chi connectivity index (χ4v) is 2.00. The summed E-state index contributed by atoms with van der Waals surface area (Å²) in [4.78, 5) is 14.7. The number of pyridine rings is 1. The Labute approximate surface area is 117 Å². The number of anilines is 2. The van der Waals surface area contributed by atoms with Gasteiger partial charge in [-0.2, -0.15) is 0 Å². The molecule has 2 rings (SSSR count). The molecule has 2 N–H and O–H groups in total. The smallest absolute Gasteiger partial charge is 0.354 e. The molecule has 19 heavy (non-hydrogen) atoms. The maximum Gasteiger partial charge on any atom is 0.354 e. The van der Waals surface area contributed by atoms with Gasteiger partial charge in [0.2, 0.25) is 0 Å². The zero-order valence-corrected chi connectivity index (χ0v) is 11.5. The van der Waals surface area contributed by atoms with E-state index in [-0.39, 0.29) is 5.69 Å². The van der Waals surface area contributed by atoms with Gasteiger partial charge in [-0.1, -0.05) is 6.07 Å². The van der Waals surface area contributed by atoms with Crippen molar-refractivity contribution in [1.29, 1.82) is 0 Å². The molecule has 98 valence electrons. The van der Waals surface area contributed by atoms with Gasteiger partial charge in [0.05, 0.1) is 4.47 Å². The number of nitrogens with zero attached hydrogens (tertiary/aromatic N) is 1. The van der Waals surface area contributed by atoms with Crippen molar-refractivity contribution in [3.05, 3.63) is 51.9 Å². The van der Waals surface area contributed by atoms with E-state index >= 15 is 0 Å². The number of carboxylic acids is 1. The first-order valence-corrected chi connectivity index (χ1v) is 6.19. The Morgan fingerprint density at radius 2 is 2.16 bits per heavy atom. The Balaban J connectivity index is 2.33. The van der Waals surface area contributed by atoms with E-state index in [1.165, 1.54) is 12.1 Å². The molecule has 0 unspecified atom stereocenters. The minimum atomic E-state index is -1.11. The summed E-state index contributed by atoms with van der Waals surface area (Å²) in [6.45, 7) is 1.81. The molecule has 0 saturated carbocycles. The van der Waals surface area contributed by atoms with Gasteiger partial charge in [0.15, 0.2) is 5.69 Å². The van der Waals surface area contributed by atoms with Crippen LogP contribution in [0.4, 0.5) is 15.9 Å². The average Bonchev–Trinajstić information content (AvgIpc) is 2.36. The third-order valence-electron chi connectivity index (χ3n) is 2.50. The SMILES string of the molecule is Cc1cc(Br)c(F)cc1Nc1cccc(C(=O)O)n1. The molecular weight excluding hydrogens is 315 g/mol. The number of aryl methyl sites for hydroxylation is 1. The van der Waals surface area contributed by atoms with Crippen LogP contribution in [0.2, 0.25) is 0 Å². The second kappa shape index (κ2) is 5.36. The monoisotopic (exact) mass is 324 g/mol. The third-order valence-corrected chi connectivity index (χ3v) is 3.11. The van der Waals surface area contributed by atoms with Crippen LogP contribution in [0.15, 0.2) is 34.8 Å². The summed E-state index contributed by atoms with van der Waals surface area (Å²) in [6.07, 6.45) is 0. The van der Waals surface area contributed by atoms with Crippen molar-refractivity contribution in [2.45, 2.75) is 6.92 Å². The standard InChI is InChI=1S/C13H10BrFN2O2/c1-7-5-8(14)9(15)6-11(7)17-12-4-2-3-10(16-12)13(18)19/h2-6H,1H3,(H,16,17)(H,18,19). The van der Waals surface area contributed by atoms with E-state index in [2.05, 4.69) is 26.2 Å². The number of aromatic nitrogens is 1. The molecule has 0 amide bonds. The van der Waals surface area contributed by atoms with E-state index in [1.807, 2.05) is 6.92 Å². The summed E-state index contributed by atoms with van der Waals surface area (Å²) in [5.74, 6) is -1.16. The second-order valence-corrected chi connectivity index (χ2v) is 4.77. The van der Waals surface area contributed by atoms with E-state index in [1.54, 1.807) is 18.2 Å². The number of benzene rings is 1. The van der Waals surface area contributed by atoms with Crippen molar-refractivity contribution < 1.29 is 14.3 Å². The van der Waals surface area contributed by atoms with Gasteiger partial charge in [0.1, 0.15) is 11.6 Å². The lowest BCUT2D eigenvalue weighted by molar-refractivity contribution is 0.0690. The van der Waals surface area contributed by atoms with Gasteiger partial charge in [0.25, 0.3) is 0 Å². The highest BCUT2D eigenvalue weighted by molar-refractivity contribution is 9.10. The second-order valence-electron chi connectivity index (χ2n) is 3.92. The fraction of sp³-hybridized carbons (Fsp3) is 0.0769. The summed E-state index contributed by atoms with van der Waals surface area (Å²) in [6, 6.07) is 7.55. The number of hydrogen-bond donors (Lipinski definition) is 2. The molecule has 1 heterocycles. The van der Waals surface area contributed by atoms with Crippen LogP contribution in [0.1, 0.15) is 16.1 Å². The lowest BCUT2D eigenvalue weighted by Gasteiger charge is -2.10. The summed E-state index contributed by atoms with van der Waals surface area (Å²) in [7, 11) is 0. The van der Waals surface area contributed by atoms with Crippen LogP contribution in [-0.4, -0.2) is 16.1 Å². The molecule has 6 heteroatoms. The number of rotatable bonds is 3. The highest BCUT2D eigenvalue weighted by Crippen LogP contribution is 2.26. The van der Waals surface area contributed by atoms with Gasteiger partial charge >= 0.3 is 5.97 Å². The lowest BCUT2D eigenvalue weighted by Crippen LogP contribution is -2.03. The van der Waals surface area contributed by atoms with Crippen molar-refractivity contribution in [3.8, 4) is 0 Å². The van der Waals surface area contributed by atoms with E-state index < -0.39 is 11.8 Å². The largest absolute Gasteiger partial charge is 0.477 e. The minimum Gasteiger partial charge on any atom is -0.477 e. The summed E-state index contributed by atoms with van der Waals surface area (Å²) in [5, 5.41) is 11.8. The molecule has 0 spiro atoms. The van der Waals surface area contributed by atoms with Crippen molar-refractivity contribution in [3.63, 3.8) is 0 Å². The number of nitrogens with one attached hydrogen (secondary N) is 1. The number of carbonyl (C=O) groups is 1. The van der Waals surface area contributed by atoms with Crippen LogP contribution < -0.4 is 5.32 Å². The summed E-state index contributed by atoms with van der Waals surface area (Å²) >= 11 is 3.10. The first-order chi connectivity index (χ1) is 8.97. The highest BCUT2D eigenvalue weighted by Gasteiger charge is 2.08. The van der Waals surface area contributed by atoms with Gasteiger partial charge in [-0.15, -0.1) is 0 Å². The van der Waals surface area contributed by atoms with Crippen LogP contribution in [0.5, 0.6) is 0 Å². The van der Waals surface area contributed by atoms with Gasteiger partial charge in [0, 0.05) is 5.69 Å². The Hall–Kier alpha value is -1.95. The molecule has 0 radical (unpaired) electrons. The predicted molar refractivity (Wildman–Crippen MR) is 73.3 cm³/mol. The Morgan fingerprint density at radius 1 is 1.42 bits per heavy atom. The first kappa shape index (κ1) is 13.5. The highest BCUT2D eigenvalue weighted by atomic mass is 79.9. The zero-order valence-electron chi connectivity index (χ0n) is 9.95. The molecule has 0 aliphatic heterocycles. The summed E-state index contributed by atoms with van der Waals surface area (Å²) < 4.78 is 13.8. The Bertz CT molecular complexity index is 647. The molecule has 0 aliphatic carbocycles. The van der Waals surface area contributed by atoms with Crippen molar-refractivity contribution in [1.82, 2.24) is 4.98 Å². The molecule has 0 aliphatic rings. The third kappa shape index (κ3) is 3.08. The van der Waals surface area contributed by atoms with Crippen molar-refractivity contribution >= 4 is 33.4 Å². The molecule has 4 nitrogen and oxygen atoms in total. The average molecular weight is 325 g/mol. The van der Waals surface area contributed by atoms with Crippen molar-refractivity contribution in [2.24, 2.45) is 0 Å². The Kier molecular flexibility index (Phi) is 3.80. The molecule has 0 saturated heterocycles. The quantitative estimate of drug-likeness (QED) is 0.902. The predicted octanol–water partition coefficient (Wildman–Crippen LogP) is 3.73. The van der Waals surface area contributed by atoms with Crippen LogP contribution in [0.25, 0.3) is 0 Å². The van der Waals surface area contributed by atoms with Gasteiger partial charge < -0.3 is 10.4 Å². The van der Waals surface area contributed by atoms with Crippen LogP contribution in [-0.2, 0) is 0 Å². The summed E-state index contributed by atoms with van der Waals surface area (Å²) in [5.41, 5.74) is 1.28. The number of halogens is 2. The molecule has 0 atom stereocenters.